The second kappa shape index (κ2) is 5.66. The molecule has 0 aliphatic heterocycles. The molecule has 1 aliphatic rings. The lowest BCUT2D eigenvalue weighted by Crippen LogP contribution is -2.33. The van der Waals surface area contributed by atoms with Gasteiger partial charge in [0.05, 0.1) is 21.2 Å². The van der Waals surface area contributed by atoms with E-state index in [4.69, 9.17) is 17.3 Å². The topological polar surface area (TPSA) is 89.5 Å². The largest absolute Gasteiger partial charge is 0.397 e. The normalized spacial score (nSPS) is 14.1. The zero-order valence-electron chi connectivity index (χ0n) is 11.1. The van der Waals surface area contributed by atoms with Gasteiger partial charge in [-0.1, -0.05) is 11.6 Å². The first-order valence-corrected chi connectivity index (χ1v) is 6.84. The van der Waals surface area contributed by atoms with Gasteiger partial charge in [-0.2, -0.15) is 0 Å². The van der Waals surface area contributed by atoms with Crippen LogP contribution in [0.5, 0.6) is 0 Å². The lowest BCUT2D eigenvalue weighted by Gasteiger charge is -2.21. The van der Waals surface area contributed by atoms with Gasteiger partial charge in [0.1, 0.15) is 0 Å². The van der Waals surface area contributed by atoms with Crippen molar-refractivity contribution in [3.8, 4) is 0 Å². The van der Waals surface area contributed by atoms with Crippen molar-refractivity contribution < 1.29 is 9.72 Å². The molecule has 2 rings (SSSR count). The number of benzene rings is 1. The molecule has 108 valence electrons. The smallest absolute Gasteiger partial charge is 0.271 e. The number of rotatable bonds is 5. The van der Waals surface area contributed by atoms with Crippen LogP contribution in [-0.2, 0) is 0 Å². The Kier molecular flexibility index (Phi) is 4.13. The summed E-state index contributed by atoms with van der Waals surface area (Å²) in [6.07, 6.45) is 2.24. The molecule has 0 saturated heterocycles. The van der Waals surface area contributed by atoms with E-state index < -0.39 is 4.92 Å². The molecule has 0 heterocycles. The second-order valence-corrected chi connectivity index (χ2v) is 5.34. The fourth-order valence-corrected chi connectivity index (χ4v) is 2.24. The maximum atomic E-state index is 12.5. The zero-order chi connectivity index (χ0) is 14.9. The van der Waals surface area contributed by atoms with E-state index in [-0.39, 0.29) is 27.9 Å². The van der Waals surface area contributed by atoms with Gasteiger partial charge < -0.3 is 10.6 Å². The number of nitrogen functional groups attached to an aromatic ring is 1. The minimum absolute atomic E-state index is 0.0324. The Labute approximate surface area is 121 Å². The molecule has 7 heteroatoms. The molecule has 1 aromatic carbocycles. The van der Waals surface area contributed by atoms with Crippen LogP contribution in [0, 0.1) is 16.0 Å². The molecule has 0 bridgehead atoms. The first-order valence-electron chi connectivity index (χ1n) is 6.46. The van der Waals surface area contributed by atoms with E-state index in [0.717, 1.165) is 18.9 Å². The number of nitrogens with zero attached hydrogens (tertiary/aromatic N) is 2. The summed E-state index contributed by atoms with van der Waals surface area (Å²) in [6, 6.07) is 2.35. The van der Waals surface area contributed by atoms with E-state index in [1.165, 1.54) is 6.07 Å². The van der Waals surface area contributed by atoms with Gasteiger partial charge in [0, 0.05) is 25.2 Å². The molecule has 20 heavy (non-hydrogen) atoms. The summed E-state index contributed by atoms with van der Waals surface area (Å²) >= 11 is 5.87. The highest BCUT2D eigenvalue weighted by atomic mass is 35.5. The molecule has 6 nitrogen and oxygen atoms in total. The van der Waals surface area contributed by atoms with Gasteiger partial charge in [-0.25, -0.2) is 0 Å². The van der Waals surface area contributed by atoms with Gasteiger partial charge >= 0.3 is 0 Å². The maximum Gasteiger partial charge on any atom is 0.271 e. The van der Waals surface area contributed by atoms with E-state index >= 15 is 0 Å². The highest BCUT2D eigenvalue weighted by molar-refractivity contribution is 6.34. The molecule has 0 atom stereocenters. The minimum atomic E-state index is -0.584. The van der Waals surface area contributed by atoms with Crippen molar-refractivity contribution in [2.24, 2.45) is 5.92 Å². The maximum absolute atomic E-state index is 12.5. The lowest BCUT2D eigenvalue weighted by molar-refractivity contribution is -0.384. The van der Waals surface area contributed by atoms with Crippen LogP contribution in [0.1, 0.15) is 30.1 Å². The van der Waals surface area contributed by atoms with Crippen LogP contribution in [0.3, 0.4) is 0 Å². The number of non-ortho nitro benzene ring substituents is 1. The van der Waals surface area contributed by atoms with Gasteiger partial charge in [0.15, 0.2) is 0 Å². The van der Waals surface area contributed by atoms with Gasteiger partial charge in [-0.05, 0) is 25.7 Å². The average molecular weight is 298 g/mol. The number of halogens is 1. The zero-order valence-corrected chi connectivity index (χ0v) is 11.9. The van der Waals surface area contributed by atoms with Crippen molar-refractivity contribution >= 4 is 28.9 Å². The average Bonchev–Trinajstić information content (AvgIpc) is 3.22. The molecule has 0 unspecified atom stereocenters. The number of carbonyl (C=O) groups excluding carboxylic acids is 1. The Bertz CT molecular complexity index is 558. The SMILES string of the molecule is CCN(CC1CC1)C(=O)c1cc([N+](=O)[O-])cc(Cl)c1N. The second-order valence-electron chi connectivity index (χ2n) is 4.93. The van der Waals surface area contributed by atoms with Gasteiger partial charge in [0.25, 0.3) is 11.6 Å². The number of anilines is 1. The molecular formula is C13H16ClN3O3. The van der Waals surface area contributed by atoms with Crippen molar-refractivity contribution in [1.82, 2.24) is 4.90 Å². The van der Waals surface area contributed by atoms with E-state index in [1.54, 1.807) is 4.90 Å². The Balaban J connectivity index is 2.33. The first kappa shape index (κ1) is 14.6. The van der Waals surface area contributed by atoms with Crippen molar-refractivity contribution in [3.63, 3.8) is 0 Å². The summed E-state index contributed by atoms with van der Waals surface area (Å²) < 4.78 is 0. The summed E-state index contributed by atoms with van der Waals surface area (Å²) in [5.41, 5.74) is 5.76. The summed E-state index contributed by atoms with van der Waals surface area (Å²) in [7, 11) is 0. The van der Waals surface area contributed by atoms with Crippen LogP contribution in [0.2, 0.25) is 5.02 Å². The molecule has 2 N–H and O–H groups in total. The summed E-state index contributed by atoms with van der Waals surface area (Å²) in [4.78, 5) is 24.4. The fourth-order valence-electron chi connectivity index (χ4n) is 2.02. The molecule has 1 aromatic rings. The Morgan fingerprint density at radius 2 is 2.20 bits per heavy atom. The van der Waals surface area contributed by atoms with Crippen molar-refractivity contribution in [3.05, 3.63) is 32.8 Å². The number of hydrogen-bond donors (Lipinski definition) is 1. The highest BCUT2D eigenvalue weighted by Crippen LogP contribution is 2.32. The van der Waals surface area contributed by atoms with Gasteiger partial charge in [-0.15, -0.1) is 0 Å². The number of nitrogens with two attached hydrogens (primary N) is 1. The van der Waals surface area contributed by atoms with E-state index in [1.807, 2.05) is 6.92 Å². The molecule has 1 fully saturated rings. The number of hydrogen-bond acceptors (Lipinski definition) is 4. The number of nitro groups is 1. The summed E-state index contributed by atoms with van der Waals surface area (Å²) in [5, 5.41) is 10.9. The van der Waals surface area contributed by atoms with Crippen LogP contribution in [0.15, 0.2) is 12.1 Å². The predicted octanol–water partition coefficient (Wildman–Crippen LogP) is 2.70. The van der Waals surface area contributed by atoms with Gasteiger partial charge in [-0.3, -0.25) is 14.9 Å². The number of amides is 1. The van der Waals surface area contributed by atoms with Crippen molar-refractivity contribution in [2.45, 2.75) is 19.8 Å². The third-order valence-corrected chi connectivity index (χ3v) is 3.71. The number of nitro benzene ring substituents is 1. The van der Waals surface area contributed by atoms with Crippen molar-refractivity contribution in [1.29, 1.82) is 0 Å². The third kappa shape index (κ3) is 3.01. The molecule has 1 saturated carbocycles. The van der Waals surface area contributed by atoms with E-state index in [0.29, 0.717) is 19.0 Å². The van der Waals surface area contributed by atoms with E-state index in [9.17, 15) is 14.9 Å². The summed E-state index contributed by atoms with van der Waals surface area (Å²) in [5.74, 6) is 0.233. The van der Waals surface area contributed by atoms with Crippen LogP contribution in [0.25, 0.3) is 0 Å². The first-order chi connectivity index (χ1) is 9.43. The lowest BCUT2D eigenvalue weighted by atomic mass is 10.1. The van der Waals surface area contributed by atoms with Gasteiger partial charge in [0.2, 0.25) is 0 Å². The monoisotopic (exact) mass is 297 g/mol. The highest BCUT2D eigenvalue weighted by Gasteiger charge is 2.28. The molecule has 0 spiro atoms. The molecule has 0 radical (unpaired) electrons. The van der Waals surface area contributed by atoms with Crippen LogP contribution in [0.4, 0.5) is 11.4 Å². The van der Waals surface area contributed by atoms with E-state index in [2.05, 4.69) is 0 Å². The Morgan fingerprint density at radius 1 is 1.55 bits per heavy atom. The quantitative estimate of drug-likeness (QED) is 0.514. The number of carbonyl (C=O) groups is 1. The fraction of sp³-hybridized carbons (Fsp3) is 0.462. The third-order valence-electron chi connectivity index (χ3n) is 3.40. The predicted molar refractivity (Wildman–Crippen MR) is 76.8 cm³/mol. The molecular weight excluding hydrogens is 282 g/mol. The standard InChI is InChI=1S/C13H16ClN3O3/c1-2-16(7-8-3-4-8)13(18)10-5-9(17(19)20)6-11(14)12(10)15/h5-6,8H,2-4,7,15H2,1H3. The molecule has 0 aromatic heterocycles. The van der Waals surface area contributed by atoms with Crippen molar-refractivity contribution in [2.75, 3.05) is 18.8 Å². The minimum Gasteiger partial charge on any atom is -0.397 e. The molecule has 1 aliphatic carbocycles. The Morgan fingerprint density at radius 3 is 2.70 bits per heavy atom. The van der Waals surface area contributed by atoms with Crippen LogP contribution >= 0.6 is 11.6 Å². The summed E-state index contributed by atoms with van der Waals surface area (Å²) in [6.45, 7) is 3.07. The Hall–Kier alpha value is -1.82. The van der Waals surface area contributed by atoms with Crippen LogP contribution in [-0.4, -0.2) is 28.8 Å². The molecule has 1 amide bonds. The van der Waals surface area contributed by atoms with Crippen LogP contribution < -0.4 is 5.73 Å².